The zero-order valence-corrected chi connectivity index (χ0v) is 9.13. The van der Waals surface area contributed by atoms with Gasteiger partial charge in [0.15, 0.2) is 0 Å². The van der Waals surface area contributed by atoms with E-state index in [0.717, 1.165) is 10.2 Å². The fourth-order valence-electron chi connectivity index (χ4n) is 0.932. The number of ether oxygens (including phenoxy) is 1. The highest BCUT2D eigenvalue weighted by Crippen LogP contribution is 2.22. The first-order chi connectivity index (χ1) is 6.13. The first kappa shape index (κ1) is 10.1. The fraction of sp³-hybridized carbons (Fsp3) is 0.300. The van der Waals surface area contributed by atoms with Crippen LogP contribution in [0.3, 0.4) is 0 Å². The Kier molecular flexibility index (Phi) is 3.32. The van der Waals surface area contributed by atoms with E-state index in [-0.39, 0.29) is 6.10 Å². The van der Waals surface area contributed by atoms with Crippen molar-refractivity contribution in [3.8, 4) is 11.8 Å². The first-order valence-electron chi connectivity index (χ1n) is 4.00. The van der Waals surface area contributed by atoms with Crippen molar-refractivity contribution in [1.29, 1.82) is 5.26 Å². The molecular weight excluding hydrogens is 230 g/mol. The minimum absolute atomic E-state index is 0.153. The number of rotatable bonds is 2. The average Bonchev–Trinajstić information content (AvgIpc) is 2.03. The Balaban J connectivity index is 2.91. The Morgan fingerprint density at radius 2 is 2.15 bits per heavy atom. The molecule has 1 rings (SSSR count). The lowest BCUT2D eigenvalue weighted by Gasteiger charge is -2.09. The maximum absolute atomic E-state index is 8.67. The molecule has 0 fully saturated rings. The topological polar surface area (TPSA) is 33.0 Å². The molecule has 0 saturated carbocycles. The van der Waals surface area contributed by atoms with Crippen LogP contribution in [0, 0.1) is 11.3 Å². The molecule has 0 aliphatic rings. The molecule has 68 valence electrons. The number of hydrogen-bond acceptors (Lipinski definition) is 2. The van der Waals surface area contributed by atoms with Crippen molar-refractivity contribution in [2.75, 3.05) is 0 Å². The van der Waals surface area contributed by atoms with E-state index in [2.05, 4.69) is 22.0 Å². The second-order valence-electron chi connectivity index (χ2n) is 2.92. The van der Waals surface area contributed by atoms with E-state index in [1.807, 2.05) is 13.8 Å². The van der Waals surface area contributed by atoms with Crippen LogP contribution >= 0.6 is 15.9 Å². The van der Waals surface area contributed by atoms with Gasteiger partial charge in [0.25, 0.3) is 0 Å². The molecule has 0 heterocycles. The molecule has 1 aromatic rings. The quantitative estimate of drug-likeness (QED) is 0.795. The summed E-state index contributed by atoms with van der Waals surface area (Å²) in [5, 5.41) is 8.67. The molecule has 0 saturated heterocycles. The number of hydrogen-bond donors (Lipinski definition) is 0. The molecule has 0 amide bonds. The van der Waals surface area contributed by atoms with Gasteiger partial charge in [-0.05, 0) is 48.0 Å². The molecule has 0 spiro atoms. The van der Waals surface area contributed by atoms with Crippen LogP contribution < -0.4 is 4.74 Å². The van der Waals surface area contributed by atoms with Gasteiger partial charge in [0.05, 0.1) is 11.7 Å². The van der Waals surface area contributed by atoms with E-state index in [4.69, 9.17) is 10.00 Å². The lowest BCUT2D eigenvalue weighted by Crippen LogP contribution is -2.05. The SMILES string of the molecule is CC(C)Oc1ccc(C#N)c(Br)c1. The molecule has 13 heavy (non-hydrogen) atoms. The van der Waals surface area contributed by atoms with Gasteiger partial charge < -0.3 is 4.74 Å². The van der Waals surface area contributed by atoms with Gasteiger partial charge in [0.1, 0.15) is 11.8 Å². The zero-order valence-electron chi connectivity index (χ0n) is 7.54. The summed E-state index contributed by atoms with van der Waals surface area (Å²) < 4.78 is 6.23. The van der Waals surface area contributed by atoms with Crippen LogP contribution in [0.25, 0.3) is 0 Å². The Bertz CT molecular complexity index is 341. The third-order valence-electron chi connectivity index (χ3n) is 1.43. The molecule has 0 N–H and O–H groups in total. The van der Waals surface area contributed by atoms with Gasteiger partial charge >= 0.3 is 0 Å². The molecule has 0 radical (unpaired) electrons. The van der Waals surface area contributed by atoms with Crippen LogP contribution in [-0.4, -0.2) is 6.10 Å². The summed E-state index contributed by atoms with van der Waals surface area (Å²) in [7, 11) is 0. The predicted octanol–water partition coefficient (Wildman–Crippen LogP) is 3.11. The summed E-state index contributed by atoms with van der Waals surface area (Å²) >= 11 is 3.29. The fourth-order valence-corrected chi connectivity index (χ4v) is 1.38. The number of nitriles is 1. The molecule has 0 unspecified atom stereocenters. The van der Waals surface area contributed by atoms with Crippen molar-refractivity contribution in [2.45, 2.75) is 20.0 Å². The largest absolute Gasteiger partial charge is 0.491 e. The van der Waals surface area contributed by atoms with Gasteiger partial charge in [-0.1, -0.05) is 0 Å². The molecule has 0 aliphatic carbocycles. The second kappa shape index (κ2) is 4.29. The van der Waals surface area contributed by atoms with E-state index >= 15 is 0 Å². The third-order valence-corrected chi connectivity index (χ3v) is 2.09. The van der Waals surface area contributed by atoms with Crippen LogP contribution in [0.15, 0.2) is 22.7 Å². The van der Waals surface area contributed by atoms with Crippen molar-refractivity contribution in [3.05, 3.63) is 28.2 Å². The van der Waals surface area contributed by atoms with Crippen LogP contribution in [0.2, 0.25) is 0 Å². The minimum Gasteiger partial charge on any atom is -0.491 e. The molecule has 1 aromatic carbocycles. The van der Waals surface area contributed by atoms with Gasteiger partial charge in [0, 0.05) is 4.47 Å². The predicted molar refractivity (Wildman–Crippen MR) is 54.6 cm³/mol. The lowest BCUT2D eigenvalue weighted by atomic mass is 10.2. The van der Waals surface area contributed by atoms with Crippen LogP contribution in [0.4, 0.5) is 0 Å². The molecule has 0 atom stereocenters. The summed E-state index contributed by atoms with van der Waals surface area (Å²) in [5.41, 5.74) is 0.621. The number of nitrogens with zero attached hydrogens (tertiary/aromatic N) is 1. The van der Waals surface area contributed by atoms with Crippen LogP contribution in [0.5, 0.6) is 5.75 Å². The van der Waals surface area contributed by atoms with Crippen molar-refractivity contribution in [1.82, 2.24) is 0 Å². The Hall–Kier alpha value is -1.01. The number of benzene rings is 1. The average molecular weight is 240 g/mol. The monoisotopic (exact) mass is 239 g/mol. The second-order valence-corrected chi connectivity index (χ2v) is 3.77. The van der Waals surface area contributed by atoms with E-state index < -0.39 is 0 Å². The Labute approximate surface area is 86.3 Å². The summed E-state index contributed by atoms with van der Waals surface area (Å²) in [6, 6.07) is 7.41. The first-order valence-corrected chi connectivity index (χ1v) is 4.79. The molecule has 2 nitrogen and oxygen atoms in total. The van der Waals surface area contributed by atoms with E-state index in [1.165, 1.54) is 0 Å². The summed E-state index contributed by atoms with van der Waals surface area (Å²) in [6.45, 7) is 3.93. The zero-order chi connectivity index (χ0) is 9.84. The molecule has 3 heteroatoms. The third kappa shape index (κ3) is 2.74. The molecular formula is C10H10BrNO. The van der Waals surface area contributed by atoms with Crippen LogP contribution in [0.1, 0.15) is 19.4 Å². The Morgan fingerprint density at radius 1 is 1.46 bits per heavy atom. The highest BCUT2D eigenvalue weighted by atomic mass is 79.9. The van der Waals surface area contributed by atoms with Gasteiger partial charge in [0.2, 0.25) is 0 Å². The van der Waals surface area contributed by atoms with E-state index in [0.29, 0.717) is 5.56 Å². The standard InChI is InChI=1S/C10H10BrNO/c1-7(2)13-9-4-3-8(6-12)10(11)5-9/h3-5,7H,1-2H3. The minimum atomic E-state index is 0.153. The van der Waals surface area contributed by atoms with Gasteiger partial charge in [-0.15, -0.1) is 0 Å². The molecule has 0 aromatic heterocycles. The van der Waals surface area contributed by atoms with Gasteiger partial charge in [-0.25, -0.2) is 0 Å². The van der Waals surface area contributed by atoms with Crippen molar-refractivity contribution < 1.29 is 4.74 Å². The van der Waals surface area contributed by atoms with Crippen molar-refractivity contribution in [3.63, 3.8) is 0 Å². The maximum Gasteiger partial charge on any atom is 0.120 e. The molecule has 0 aliphatic heterocycles. The van der Waals surface area contributed by atoms with E-state index in [9.17, 15) is 0 Å². The Morgan fingerprint density at radius 3 is 2.62 bits per heavy atom. The highest BCUT2D eigenvalue weighted by Gasteiger charge is 2.02. The van der Waals surface area contributed by atoms with Gasteiger partial charge in [-0.2, -0.15) is 5.26 Å². The summed E-state index contributed by atoms with van der Waals surface area (Å²) in [5.74, 6) is 0.779. The van der Waals surface area contributed by atoms with Gasteiger partial charge in [-0.3, -0.25) is 0 Å². The summed E-state index contributed by atoms with van der Waals surface area (Å²) in [4.78, 5) is 0. The smallest absolute Gasteiger partial charge is 0.120 e. The van der Waals surface area contributed by atoms with Crippen molar-refractivity contribution >= 4 is 15.9 Å². The number of halogens is 1. The molecule has 0 bridgehead atoms. The van der Waals surface area contributed by atoms with E-state index in [1.54, 1.807) is 18.2 Å². The lowest BCUT2D eigenvalue weighted by molar-refractivity contribution is 0.242. The van der Waals surface area contributed by atoms with Crippen molar-refractivity contribution in [2.24, 2.45) is 0 Å². The highest BCUT2D eigenvalue weighted by molar-refractivity contribution is 9.10. The maximum atomic E-state index is 8.67. The summed E-state index contributed by atoms with van der Waals surface area (Å²) in [6.07, 6.45) is 0.153. The normalized spacial score (nSPS) is 9.77. The van der Waals surface area contributed by atoms with Crippen LogP contribution in [-0.2, 0) is 0 Å².